The largest absolute Gasteiger partial charge is 0.354 e. The van der Waals surface area contributed by atoms with Gasteiger partial charge >= 0.3 is 0 Å². The summed E-state index contributed by atoms with van der Waals surface area (Å²) in [5.41, 5.74) is 2.18. The maximum absolute atomic E-state index is 13.8. The molecule has 3 rings (SSSR count). The van der Waals surface area contributed by atoms with Crippen LogP contribution in [0.4, 0.5) is 5.69 Å². The number of amides is 2. The minimum atomic E-state index is -4.08. The molecule has 7 nitrogen and oxygen atoms in total. The summed E-state index contributed by atoms with van der Waals surface area (Å²) in [6.45, 7) is 5.74. The van der Waals surface area contributed by atoms with Crippen molar-refractivity contribution < 1.29 is 18.0 Å². The number of carbonyl (C=O) groups is 2. The summed E-state index contributed by atoms with van der Waals surface area (Å²) in [4.78, 5) is 29.2. The van der Waals surface area contributed by atoms with E-state index in [1.54, 1.807) is 43.3 Å². The Balaban J connectivity index is 2.00. The van der Waals surface area contributed by atoms with Crippen LogP contribution in [-0.4, -0.2) is 50.5 Å². The van der Waals surface area contributed by atoms with Crippen molar-refractivity contribution in [1.29, 1.82) is 0 Å². The van der Waals surface area contributed by atoms with Gasteiger partial charge in [-0.2, -0.15) is 0 Å². The Morgan fingerprint density at radius 2 is 1.58 bits per heavy atom. The topological polar surface area (TPSA) is 86.8 Å². The van der Waals surface area contributed by atoms with E-state index in [4.69, 9.17) is 0 Å². The third-order valence-corrected chi connectivity index (χ3v) is 8.69. The molecule has 0 aromatic heterocycles. The van der Waals surface area contributed by atoms with Crippen molar-refractivity contribution in [3.05, 3.63) is 90.0 Å². The van der Waals surface area contributed by atoms with Gasteiger partial charge in [-0.15, -0.1) is 11.8 Å². The van der Waals surface area contributed by atoms with Gasteiger partial charge < -0.3 is 10.2 Å². The second-order valence-electron chi connectivity index (χ2n) is 9.00. The summed E-state index contributed by atoms with van der Waals surface area (Å²) in [6.07, 6.45) is 2.68. The van der Waals surface area contributed by atoms with Crippen LogP contribution in [0.2, 0.25) is 0 Å². The summed E-state index contributed by atoms with van der Waals surface area (Å²) in [7, 11) is -4.08. The number of rotatable bonds is 12. The number of nitrogens with one attached hydrogen (secondary N) is 1. The molecule has 38 heavy (non-hydrogen) atoms. The molecule has 0 radical (unpaired) electrons. The van der Waals surface area contributed by atoms with Gasteiger partial charge in [-0.1, -0.05) is 55.0 Å². The van der Waals surface area contributed by atoms with Crippen molar-refractivity contribution >= 4 is 39.3 Å². The third kappa shape index (κ3) is 7.39. The number of nitrogens with zero attached hydrogens (tertiary/aromatic N) is 2. The van der Waals surface area contributed by atoms with E-state index in [0.29, 0.717) is 12.2 Å². The highest BCUT2D eigenvalue weighted by molar-refractivity contribution is 7.98. The molecule has 0 heterocycles. The maximum Gasteiger partial charge on any atom is 0.264 e. The Bertz CT molecular complexity index is 1310. The van der Waals surface area contributed by atoms with Crippen molar-refractivity contribution in [1.82, 2.24) is 10.2 Å². The van der Waals surface area contributed by atoms with Crippen molar-refractivity contribution in [2.75, 3.05) is 23.7 Å². The van der Waals surface area contributed by atoms with E-state index in [2.05, 4.69) is 5.32 Å². The molecule has 3 aromatic rings. The zero-order chi connectivity index (χ0) is 27.7. The van der Waals surface area contributed by atoms with Crippen LogP contribution in [0.1, 0.15) is 31.4 Å². The number of hydrogen-bond donors (Lipinski definition) is 1. The molecule has 3 aromatic carbocycles. The monoisotopic (exact) mass is 553 g/mol. The lowest BCUT2D eigenvalue weighted by atomic mass is 10.1. The van der Waals surface area contributed by atoms with E-state index in [1.165, 1.54) is 16.7 Å². The zero-order valence-electron chi connectivity index (χ0n) is 22.3. The minimum absolute atomic E-state index is 0.0898. The van der Waals surface area contributed by atoms with Crippen molar-refractivity contribution in [2.24, 2.45) is 0 Å². The van der Waals surface area contributed by atoms with E-state index in [-0.39, 0.29) is 17.3 Å². The second kappa shape index (κ2) is 13.5. The van der Waals surface area contributed by atoms with Gasteiger partial charge in [-0.25, -0.2) is 8.42 Å². The molecule has 202 valence electrons. The summed E-state index contributed by atoms with van der Waals surface area (Å²) in [5.74, 6) is -0.758. The average Bonchev–Trinajstić information content (AvgIpc) is 2.93. The zero-order valence-corrected chi connectivity index (χ0v) is 23.9. The summed E-state index contributed by atoms with van der Waals surface area (Å²) in [5, 5.41) is 2.84. The number of thioether (sulfide) groups is 1. The molecular weight excluding hydrogens is 518 g/mol. The van der Waals surface area contributed by atoms with Gasteiger partial charge in [-0.3, -0.25) is 13.9 Å². The molecule has 1 unspecified atom stereocenters. The van der Waals surface area contributed by atoms with Crippen LogP contribution >= 0.6 is 11.8 Å². The Labute approximate surface area is 230 Å². The first-order valence-electron chi connectivity index (χ1n) is 12.5. The molecule has 0 fully saturated rings. The molecule has 0 aliphatic carbocycles. The van der Waals surface area contributed by atoms with Gasteiger partial charge in [0.05, 0.1) is 10.6 Å². The van der Waals surface area contributed by atoms with Crippen LogP contribution in [0.3, 0.4) is 0 Å². The van der Waals surface area contributed by atoms with E-state index in [9.17, 15) is 18.0 Å². The van der Waals surface area contributed by atoms with Gasteiger partial charge in [0, 0.05) is 18.0 Å². The summed E-state index contributed by atoms with van der Waals surface area (Å²) < 4.78 is 28.8. The van der Waals surface area contributed by atoms with Gasteiger partial charge in [0.2, 0.25) is 11.8 Å². The van der Waals surface area contributed by atoms with Crippen LogP contribution < -0.4 is 9.62 Å². The lowest BCUT2D eigenvalue weighted by Crippen LogP contribution is -2.51. The molecule has 1 atom stereocenters. The van der Waals surface area contributed by atoms with Crippen molar-refractivity contribution in [3.8, 4) is 0 Å². The summed E-state index contributed by atoms with van der Waals surface area (Å²) in [6, 6.07) is 22.1. The number of sulfonamides is 1. The predicted octanol–water partition coefficient (Wildman–Crippen LogP) is 4.86. The van der Waals surface area contributed by atoms with Gasteiger partial charge in [0.25, 0.3) is 10.0 Å². The highest BCUT2D eigenvalue weighted by Gasteiger charge is 2.32. The van der Waals surface area contributed by atoms with Gasteiger partial charge in [0.15, 0.2) is 0 Å². The van der Waals surface area contributed by atoms with Crippen LogP contribution in [-0.2, 0) is 26.2 Å². The smallest absolute Gasteiger partial charge is 0.264 e. The molecular formula is C29H35N3O4S2. The number of anilines is 1. The molecule has 0 aliphatic rings. The predicted molar refractivity (Wildman–Crippen MR) is 154 cm³/mol. The molecule has 0 saturated heterocycles. The van der Waals surface area contributed by atoms with E-state index in [1.807, 2.05) is 62.6 Å². The number of carbonyl (C=O) groups excluding carboxylic acids is 2. The van der Waals surface area contributed by atoms with E-state index >= 15 is 0 Å². The Kier molecular flexibility index (Phi) is 10.4. The molecule has 0 spiro atoms. The standard InChI is InChI=1S/C29H35N3O4S2/c1-5-19-30-29(34)23(3)31(20-24-9-7-6-8-10-24)28(33)21-32(25-13-11-22(2)12-14-25)38(35,36)27-17-15-26(37-4)16-18-27/h6-18,23H,5,19-21H2,1-4H3,(H,30,34). The summed E-state index contributed by atoms with van der Waals surface area (Å²) >= 11 is 1.51. The fourth-order valence-corrected chi connectivity index (χ4v) is 5.70. The second-order valence-corrected chi connectivity index (χ2v) is 11.7. The van der Waals surface area contributed by atoms with Gasteiger partial charge in [-0.05, 0) is 68.5 Å². The number of benzene rings is 3. The maximum atomic E-state index is 13.8. The average molecular weight is 554 g/mol. The highest BCUT2D eigenvalue weighted by Crippen LogP contribution is 2.26. The first kappa shape index (κ1) is 29.3. The SMILES string of the molecule is CCCNC(=O)C(C)N(Cc1ccccc1)C(=O)CN(c1ccc(C)cc1)S(=O)(=O)c1ccc(SC)cc1. The fourth-order valence-electron chi connectivity index (χ4n) is 3.87. The van der Waals surface area contributed by atoms with Crippen molar-refractivity contribution in [3.63, 3.8) is 0 Å². The van der Waals surface area contributed by atoms with Crippen LogP contribution in [0.25, 0.3) is 0 Å². The Hall–Kier alpha value is -3.30. The normalized spacial score (nSPS) is 12.0. The van der Waals surface area contributed by atoms with E-state index in [0.717, 1.165) is 26.7 Å². The lowest BCUT2D eigenvalue weighted by molar-refractivity contribution is -0.139. The first-order valence-corrected chi connectivity index (χ1v) is 15.2. The molecule has 1 N–H and O–H groups in total. The lowest BCUT2D eigenvalue weighted by Gasteiger charge is -2.32. The van der Waals surface area contributed by atoms with Gasteiger partial charge in [0.1, 0.15) is 12.6 Å². The third-order valence-electron chi connectivity index (χ3n) is 6.16. The van der Waals surface area contributed by atoms with Crippen molar-refractivity contribution in [2.45, 2.75) is 49.6 Å². The number of hydrogen-bond acceptors (Lipinski definition) is 5. The Morgan fingerprint density at radius 1 is 0.947 bits per heavy atom. The Morgan fingerprint density at radius 3 is 2.16 bits per heavy atom. The quantitative estimate of drug-likeness (QED) is 0.324. The highest BCUT2D eigenvalue weighted by atomic mass is 32.2. The molecule has 9 heteroatoms. The molecule has 0 saturated carbocycles. The van der Waals surface area contributed by atoms with Crippen LogP contribution in [0.5, 0.6) is 0 Å². The first-order chi connectivity index (χ1) is 18.2. The van der Waals surface area contributed by atoms with Crippen LogP contribution in [0.15, 0.2) is 88.7 Å². The van der Waals surface area contributed by atoms with Crippen LogP contribution in [0, 0.1) is 6.92 Å². The fraction of sp³-hybridized carbons (Fsp3) is 0.310. The minimum Gasteiger partial charge on any atom is -0.354 e. The van der Waals surface area contributed by atoms with E-state index < -0.39 is 28.5 Å². The number of aryl methyl sites for hydroxylation is 1. The molecule has 2 amide bonds. The molecule has 0 bridgehead atoms. The molecule has 0 aliphatic heterocycles.